The highest BCUT2D eigenvalue weighted by molar-refractivity contribution is 8.01. The van der Waals surface area contributed by atoms with Gasteiger partial charge in [0.25, 0.3) is 0 Å². The number of hydrogen-bond acceptors (Lipinski definition) is 5. The molecule has 2 aromatic carbocycles. The Bertz CT molecular complexity index is 876. The lowest BCUT2D eigenvalue weighted by Gasteiger charge is -2.06. The highest BCUT2D eigenvalue weighted by Crippen LogP contribution is 2.35. The number of nitrogens with zero attached hydrogens (tertiary/aromatic N) is 1. The molecule has 3 N–H and O–H groups in total. The van der Waals surface area contributed by atoms with Crippen LogP contribution in [0, 0.1) is 0 Å². The van der Waals surface area contributed by atoms with Gasteiger partial charge in [-0.3, -0.25) is 4.79 Å². The number of anilines is 2. The number of amides is 1. The first kappa shape index (κ1) is 19.5. The number of carbonyl (C=O) groups excluding carboxylic acids is 1. The van der Waals surface area contributed by atoms with Gasteiger partial charge in [0.05, 0.1) is 5.75 Å². The minimum absolute atomic E-state index is 0.0451. The van der Waals surface area contributed by atoms with Crippen molar-refractivity contribution in [3.05, 3.63) is 60.2 Å². The number of carbonyl (C=O) groups is 1. The summed E-state index contributed by atoms with van der Waals surface area (Å²) in [4.78, 5) is 16.8. The molecule has 1 aromatic heterocycles. The Morgan fingerprint density at radius 3 is 2.59 bits per heavy atom. The summed E-state index contributed by atoms with van der Waals surface area (Å²) in [6, 6.07) is 17.9. The van der Waals surface area contributed by atoms with E-state index in [1.807, 2.05) is 42.5 Å². The van der Waals surface area contributed by atoms with Crippen molar-refractivity contribution in [1.82, 2.24) is 4.98 Å². The SMILES string of the molecule is CCCCc1ccc(NC(=O)CSc2nc(-c3ccccc3)c(N)s2)cc1. The van der Waals surface area contributed by atoms with Gasteiger partial charge < -0.3 is 11.1 Å². The molecule has 1 amide bonds. The number of thiazole rings is 1. The van der Waals surface area contributed by atoms with Gasteiger partial charge in [-0.15, -0.1) is 0 Å². The maximum atomic E-state index is 12.2. The third kappa shape index (κ3) is 5.58. The Kier molecular flexibility index (Phi) is 6.90. The van der Waals surface area contributed by atoms with Gasteiger partial charge in [-0.25, -0.2) is 4.98 Å². The first-order valence-corrected chi connectivity index (χ1v) is 10.8. The average Bonchev–Trinajstić information content (AvgIpc) is 3.07. The molecule has 0 fully saturated rings. The van der Waals surface area contributed by atoms with Gasteiger partial charge in [0.15, 0.2) is 4.34 Å². The zero-order chi connectivity index (χ0) is 19.1. The Balaban J connectivity index is 1.53. The van der Waals surface area contributed by atoms with E-state index in [-0.39, 0.29) is 5.91 Å². The van der Waals surface area contributed by atoms with Gasteiger partial charge in [0.1, 0.15) is 10.7 Å². The largest absolute Gasteiger partial charge is 0.389 e. The number of hydrogen-bond donors (Lipinski definition) is 2. The van der Waals surface area contributed by atoms with Crippen LogP contribution in [0.2, 0.25) is 0 Å². The number of benzene rings is 2. The molecule has 1 heterocycles. The van der Waals surface area contributed by atoms with Crippen LogP contribution in [-0.2, 0) is 11.2 Å². The minimum atomic E-state index is -0.0451. The number of aromatic nitrogens is 1. The fourth-order valence-electron chi connectivity index (χ4n) is 2.64. The van der Waals surface area contributed by atoms with E-state index in [1.54, 1.807) is 0 Å². The Hall–Kier alpha value is -2.31. The van der Waals surface area contributed by atoms with E-state index in [2.05, 4.69) is 29.4 Å². The van der Waals surface area contributed by atoms with Crippen LogP contribution in [0.25, 0.3) is 11.3 Å². The lowest BCUT2D eigenvalue weighted by Crippen LogP contribution is -2.13. The molecular weight excluding hydrogens is 374 g/mol. The first-order chi connectivity index (χ1) is 13.2. The van der Waals surface area contributed by atoms with Crippen molar-refractivity contribution in [1.29, 1.82) is 0 Å². The number of aryl methyl sites for hydroxylation is 1. The Labute approximate surface area is 168 Å². The molecule has 0 spiro atoms. The lowest BCUT2D eigenvalue weighted by atomic mass is 10.1. The highest BCUT2D eigenvalue weighted by Gasteiger charge is 2.12. The van der Waals surface area contributed by atoms with Crippen molar-refractivity contribution >= 4 is 39.7 Å². The zero-order valence-corrected chi connectivity index (χ0v) is 16.9. The van der Waals surface area contributed by atoms with Crippen LogP contribution in [0.4, 0.5) is 10.7 Å². The van der Waals surface area contributed by atoms with E-state index in [4.69, 9.17) is 5.73 Å². The van der Waals surface area contributed by atoms with Crippen molar-refractivity contribution in [2.75, 3.05) is 16.8 Å². The molecule has 0 unspecified atom stereocenters. The maximum Gasteiger partial charge on any atom is 0.234 e. The van der Waals surface area contributed by atoms with Gasteiger partial charge in [0.2, 0.25) is 5.91 Å². The Morgan fingerprint density at radius 2 is 1.89 bits per heavy atom. The fraction of sp³-hybridized carbons (Fsp3) is 0.238. The van der Waals surface area contributed by atoms with Crippen LogP contribution in [0.5, 0.6) is 0 Å². The molecule has 4 nitrogen and oxygen atoms in total. The summed E-state index contributed by atoms with van der Waals surface area (Å²) in [7, 11) is 0. The lowest BCUT2D eigenvalue weighted by molar-refractivity contribution is -0.113. The van der Waals surface area contributed by atoms with Crippen LogP contribution in [0.15, 0.2) is 58.9 Å². The van der Waals surface area contributed by atoms with Crippen molar-refractivity contribution in [2.45, 2.75) is 30.5 Å². The number of nitrogens with two attached hydrogens (primary N) is 1. The van der Waals surface area contributed by atoms with Crippen molar-refractivity contribution in [3.8, 4) is 11.3 Å². The van der Waals surface area contributed by atoms with Crippen LogP contribution in [0.1, 0.15) is 25.3 Å². The van der Waals surface area contributed by atoms with Gasteiger partial charge in [0, 0.05) is 11.3 Å². The monoisotopic (exact) mass is 397 g/mol. The second kappa shape index (κ2) is 9.58. The average molecular weight is 398 g/mol. The summed E-state index contributed by atoms with van der Waals surface area (Å²) in [5.74, 6) is 0.259. The summed E-state index contributed by atoms with van der Waals surface area (Å²) in [5.41, 5.74) is 9.99. The molecular formula is C21H23N3OS2. The van der Waals surface area contributed by atoms with Gasteiger partial charge in [-0.1, -0.05) is 78.9 Å². The summed E-state index contributed by atoms with van der Waals surface area (Å²) in [6.45, 7) is 2.19. The molecule has 6 heteroatoms. The third-order valence-electron chi connectivity index (χ3n) is 4.06. The number of rotatable bonds is 8. The van der Waals surface area contributed by atoms with Crippen LogP contribution in [0.3, 0.4) is 0 Å². The number of unbranched alkanes of at least 4 members (excludes halogenated alkanes) is 1. The van der Waals surface area contributed by atoms with Gasteiger partial charge in [-0.2, -0.15) is 0 Å². The van der Waals surface area contributed by atoms with E-state index in [1.165, 1.54) is 41.5 Å². The molecule has 3 aromatic rings. The number of nitrogen functional groups attached to an aromatic ring is 1. The van der Waals surface area contributed by atoms with Crippen molar-refractivity contribution in [3.63, 3.8) is 0 Å². The van der Waals surface area contributed by atoms with Crippen molar-refractivity contribution in [2.24, 2.45) is 0 Å². The van der Waals surface area contributed by atoms with E-state index >= 15 is 0 Å². The molecule has 140 valence electrons. The predicted octanol–water partition coefficient (Wildman–Crippen LogP) is 5.47. The molecule has 3 rings (SSSR count). The van der Waals surface area contributed by atoms with Crippen LogP contribution in [-0.4, -0.2) is 16.6 Å². The van der Waals surface area contributed by atoms with E-state index in [0.717, 1.165) is 27.7 Å². The van der Waals surface area contributed by atoms with E-state index in [9.17, 15) is 4.79 Å². The molecule has 0 saturated carbocycles. The fourth-order valence-corrected chi connectivity index (χ4v) is 4.39. The topological polar surface area (TPSA) is 68.0 Å². The third-order valence-corrected chi connectivity index (χ3v) is 6.09. The molecule has 0 saturated heterocycles. The van der Waals surface area contributed by atoms with Gasteiger partial charge in [-0.05, 0) is 30.5 Å². The molecule has 0 radical (unpaired) electrons. The quantitative estimate of drug-likeness (QED) is 0.495. The van der Waals surface area contributed by atoms with Crippen molar-refractivity contribution < 1.29 is 4.79 Å². The smallest absolute Gasteiger partial charge is 0.234 e. The summed E-state index contributed by atoms with van der Waals surface area (Å²) in [6.07, 6.45) is 3.45. The molecule has 0 aliphatic rings. The molecule has 0 aliphatic carbocycles. The molecule has 0 atom stereocenters. The van der Waals surface area contributed by atoms with E-state index < -0.39 is 0 Å². The van der Waals surface area contributed by atoms with Gasteiger partial charge >= 0.3 is 0 Å². The van der Waals surface area contributed by atoms with Crippen LogP contribution < -0.4 is 11.1 Å². The molecule has 0 bridgehead atoms. The van der Waals surface area contributed by atoms with Crippen LogP contribution >= 0.6 is 23.1 Å². The second-order valence-electron chi connectivity index (χ2n) is 6.20. The number of thioether (sulfide) groups is 1. The summed E-state index contributed by atoms with van der Waals surface area (Å²) < 4.78 is 0.802. The number of nitrogens with one attached hydrogen (secondary N) is 1. The Morgan fingerprint density at radius 1 is 1.15 bits per heavy atom. The normalized spacial score (nSPS) is 10.7. The highest BCUT2D eigenvalue weighted by atomic mass is 32.2. The summed E-state index contributed by atoms with van der Waals surface area (Å²) in [5, 5.41) is 3.61. The zero-order valence-electron chi connectivity index (χ0n) is 15.3. The predicted molar refractivity (Wildman–Crippen MR) is 116 cm³/mol. The second-order valence-corrected chi connectivity index (χ2v) is 8.45. The summed E-state index contributed by atoms with van der Waals surface area (Å²) >= 11 is 2.82. The first-order valence-electron chi connectivity index (χ1n) is 8.99. The maximum absolute atomic E-state index is 12.2. The minimum Gasteiger partial charge on any atom is -0.389 e. The van der Waals surface area contributed by atoms with E-state index in [0.29, 0.717) is 10.8 Å². The standard InChI is InChI=1S/C21H23N3OS2/c1-2-3-7-15-10-12-17(13-11-15)23-18(25)14-26-21-24-19(20(22)27-21)16-8-5-4-6-9-16/h4-6,8-13H,2-3,7,14,22H2,1H3,(H,23,25). The molecule has 27 heavy (non-hydrogen) atoms. The molecule has 0 aliphatic heterocycles.